The van der Waals surface area contributed by atoms with Gasteiger partial charge >= 0.3 is 6.09 Å². The Labute approximate surface area is 170 Å². The minimum Gasteiger partial charge on any atom is -0.443 e. The van der Waals surface area contributed by atoms with Crippen molar-refractivity contribution in [2.75, 3.05) is 0 Å². The highest BCUT2D eigenvalue weighted by Gasteiger charge is 2.42. The Balaban J connectivity index is 2.13. The topological polar surface area (TPSA) is 142 Å². The van der Waals surface area contributed by atoms with Crippen LogP contribution in [0.2, 0.25) is 0 Å². The molecule has 11 nitrogen and oxygen atoms in total. The molecule has 158 valence electrons. The van der Waals surface area contributed by atoms with Crippen molar-refractivity contribution < 1.29 is 24.0 Å². The molecular weight excluding hydrogens is 396 g/mol. The summed E-state index contributed by atoms with van der Waals surface area (Å²) in [6.07, 6.45) is -1.37. The third kappa shape index (κ3) is 3.65. The van der Waals surface area contributed by atoms with Gasteiger partial charge in [-0.2, -0.15) is 4.90 Å². The first-order chi connectivity index (χ1) is 13.9. The largest absolute Gasteiger partial charge is 0.443 e. The molecule has 1 saturated heterocycles. The van der Waals surface area contributed by atoms with E-state index >= 15 is 0 Å². The Morgan fingerprint density at radius 3 is 2.53 bits per heavy atom. The van der Waals surface area contributed by atoms with E-state index in [1.54, 1.807) is 20.8 Å². The van der Waals surface area contributed by atoms with Crippen molar-refractivity contribution in [2.24, 2.45) is 0 Å². The molecule has 0 spiro atoms. The number of hydrogen-bond donors (Lipinski definition) is 0. The number of aryl methyl sites for hydroxylation is 1. The molecular formula is C19H20N4O7. The fourth-order valence-corrected chi connectivity index (χ4v) is 3.36. The Morgan fingerprint density at radius 1 is 1.27 bits per heavy atom. The summed E-state index contributed by atoms with van der Waals surface area (Å²) in [5, 5.41) is 11.1. The Morgan fingerprint density at radius 2 is 1.93 bits per heavy atom. The van der Waals surface area contributed by atoms with E-state index in [4.69, 9.17) is 4.74 Å². The summed E-state index contributed by atoms with van der Waals surface area (Å²) in [5.74, 6) is -1.55. The molecule has 1 fully saturated rings. The third-order valence-corrected chi connectivity index (χ3v) is 4.55. The summed E-state index contributed by atoms with van der Waals surface area (Å²) >= 11 is 0. The lowest BCUT2D eigenvalue weighted by molar-refractivity contribution is -0.383. The number of likely N-dealkylation sites (tertiary alicyclic amines) is 1. The van der Waals surface area contributed by atoms with Gasteiger partial charge in [0.25, 0.3) is 17.2 Å². The number of piperidine rings is 1. The zero-order valence-corrected chi connectivity index (χ0v) is 16.9. The van der Waals surface area contributed by atoms with E-state index in [9.17, 15) is 29.3 Å². The minimum absolute atomic E-state index is 0.0501. The van der Waals surface area contributed by atoms with Gasteiger partial charge in [-0.15, -0.1) is 0 Å². The summed E-state index contributed by atoms with van der Waals surface area (Å²) in [6, 6.07) is 2.81. The van der Waals surface area contributed by atoms with Crippen LogP contribution in [0.1, 0.15) is 45.5 Å². The van der Waals surface area contributed by atoms with E-state index in [0.717, 1.165) is 4.57 Å². The number of carbonyl (C=O) groups excluding carboxylic acids is 3. The van der Waals surface area contributed by atoms with Gasteiger partial charge in [-0.1, -0.05) is 6.07 Å². The molecule has 1 aliphatic rings. The van der Waals surface area contributed by atoms with Crippen molar-refractivity contribution >= 4 is 34.5 Å². The Bertz CT molecular complexity index is 1150. The second-order valence-electron chi connectivity index (χ2n) is 7.86. The number of carbonyl (C=O) groups is 3. The molecule has 3 rings (SSSR count). The Kier molecular flexibility index (Phi) is 5.15. The molecule has 1 unspecified atom stereocenters. The summed E-state index contributed by atoms with van der Waals surface area (Å²) in [6.45, 7) is 6.23. The van der Waals surface area contributed by atoms with Crippen LogP contribution < -0.4 is 5.56 Å². The second-order valence-corrected chi connectivity index (χ2v) is 7.86. The van der Waals surface area contributed by atoms with Crippen LogP contribution in [0.3, 0.4) is 0 Å². The van der Waals surface area contributed by atoms with Crippen molar-refractivity contribution in [1.82, 2.24) is 14.5 Å². The summed E-state index contributed by atoms with van der Waals surface area (Å²) in [5.41, 5.74) is -2.06. The molecule has 3 amide bonds. The smallest absolute Gasteiger partial charge is 0.424 e. The fourth-order valence-electron chi connectivity index (χ4n) is 3.36. The molecule has 1 atom stereocenters. The maximum atomic E-state index is 13.2. The number of non-ortho nitro benzene ring substituents is 1. The van der Waals surface area contributed by atoms with Crippen LogP contribution in [0.25, 0.3) is 10.9 Å². The molecule has 2 heterocycles. The number of rotatable bonds is 2. The molecule has 0 radical (unpaired) electrons. The van der Waals surface area contributed by atoms with Gasteiger partial charge in [0.05, 0.1) is 10.4 Å². The summed E-state index contributed by atoms with van der Waals surface area (Å²) < 4.78 is 6.14. The normalized spacial score (nSPS) is 17.3. The van der Waals surface area contributed by atoms with E-state index in [0.29, 0.717) is 4.90 Å². The lowest BCUT2D eigenvalue weighted by atomic mass is 10.0. The van der Waals surface area contributed by atoms with Crippen LogP contribution in [0.4, 0.5) is 10.5 Å². The van der Waals surface area contributed by atoms with Crippen LogP contribution in [0.5, 0.6) is 0 Å². The highest BCUT2D eigenvalue weighted by molar-refractivity contribution is 6.11. The first kappa shape index (κ1) is 21.1. The van der Waals surface area contributed by atoms with Gasteiger partial charge in [-0.05, 0) is 40.2 Å². The van der Waals surface area contributed by atoms with Crippen LogP contribution in [-0.2, 0) is 14.3 Å². The first-order valence-corrected chi connectivity index (χ1v) is 9.18. The zero-order valence-electron chi connectivity index (χ0n) is 16.9. The number of hydrogen-bond acceptors (Lipinski definition) is 8. The first-order valence-electron chi connectivity index (χ1n) is 9.18. The van der Waals surface area contributed by atoms with Gasteiger partial charge in [-0.3, -0.25) is 29.1 Å². The zero-order chi connectivity index (χ0) is 22.4. The van der Waals surface area contributed by atoms with E-state index in [2.05, 4.69) is 4.98 Å². The van der Waals surface area contributed by atoms with Gasteiger partial charge in [0.15, 0.2) is 0 Å². The lowest BCUT2D eigenvalue weighted by Gasteiger charge is -2.32. The van der Waals surface area contributed by atoms with E-state index in [1.165, 1.54) is 25.1 Å². The lowest BCUT2D eigenvalue weighted by Crippen LogP contribution is -2.52. The van der Waals surface area contributed by atoms with Crippen LogP contribution >= 0.6 is 0 Å². The number of nitrogens with zero attached hydrogens (tertiary/aromatic N) is 4. The predicted octanol–water partition coefficient (Wildman–Crippen LogP) is 2.24. The van der Waals surface area contributed by atoms with Crippen molar-refractivity contribution in [1.29, 1.82) is 0 Å². The number of amides is 3. The minimum atomic E-state index is -1.22. The van der Waals surface area contributed by atoms with E-state index < -0.39 is 45.7 Å². The van der Waals surface area contributed by atoms with Crippen LogP contribution in [0, 0.1) is 17.0 Å². The number of nitro groups is 1. The van der Waals surface area contributed by atoms with Crippen molar-refractivity contribution in [2.45, 2.75) is 52.2 Å². The monoisotopic (exact) mass is 416 g/mol. The predicted molar refractivity (Wildman–Crippen MR) is 104 cm³/mol. The standard InChI is InChI=1S/C19H20N4O7/c1-10-20-11-6-5-7-12(23(28)29)15(11)17(26)21(10)13-8-9-14(24)22(16(13)25)18(27)30-19(2,3)4/h5-7,13H,8-9H2,1-4H3. The van der Waals surface area contributed by atoms with Gasteiger partial charge in [0, 0.05) is 12.5 Å². The molecule has 1 aromatic heterocycles. The van der Waals surface area contributed by atoms with Crippen molar-refractivity contribution in [3.05, 3.63) is 44.5 Å². The third-order valence-electron chi connectivity index (χ3n) is 4.55. The average Bonchev–Trinajstić information content (AvgIpc) is 2.61. The summed E-state index contributed by atoms with van der Waals surface area (Å²) in [7, 11) is 0. The molecule has 0 bridgehead atoms. The number of imide groups is 3. The number of benzene rings is 1. The van der Waals surface area contributed by atoms with Crippen molar-refractivity contribution in [3.8, 4) is 0 Å². The number of nitro benzene ring substituents is 1. The van der Waals surface area contributed by atoms with Gasteiger partial charge in [0.1, 0.15) is 22.9 Å². The molecule has 0 saturated carbocycles. The fraction of sp³-hybridized carbons (Fsp3) is 0.421. The highest BCUT2D eigenvalue weighted by Crippen LogP contribution is 2.28. The van der Waals surface area contributed by atoms with Crippen LogP contribution in [0.15, 0.2) is 23.0 Å². The van der Waals surface area contributed by atoms with Gasteiger partial charge in [0.2, 0.25) is 5.91 Å². The van der Waals surface area contributed by atoms with Crippen molar-refractivity contribution in [3.63, 3.8) is 0 Å². The van der Waals surface area contributed by atoms with E-state index in [-0.39, 0.29) is 29.6 Å². The molecule has 1 aromatic carbocycles. The number of aromatic nitrogens is 2. The molecule has 0 N–H and O–H groups in total. The molecule has 2 aromatic rings. The average molecular weight is 416 g/mol. The maximum absolute atomic E-state index is 13.2. The molecule has 11 heteroatoms. The number of ether oxygens (including phenoxy) is 1. The Hall–Kier alpha value is -3.63. The molecule has 30 heavy (non-hydrogen) atoms. The van der Waals surface area contributed by atoms with E-state index in [1.807, 2.05) is 0 Å². The SMILES string of the molecule is Cc1nc2cccc([N+](=O)[O-])c2c(=O)n1C1CCC(=O)N(C(=O)OC(C)(C)C)C1=O. The maximum Gasteiger partial charge on any atom is 0.424 e. The van der Waals surface area contributed by atoms with Gasteiger partial charge < -0.3 is 4.74 Å². The van der Waals surface area contributed by atoms with Gasteiger partial charge in [-0.25, -0.2) is 9.78 Å². The molecule has 0 aliphatic carbocycles. The number of fused-ring (bicyclic) bond motifs is 1. The summed E-state index contributed by atoms with van der Waals surface area (Å²) in [4.78, 5) is 66.1. The van der Waals surface area contributed by atoms with Crippen LogP contribution in [-0.4, -0.2) is 42.9 Å². The second kappa shape index (κ2) is 7.32. The molecule has 1 aliphatic heterocycles. The quantitative estimate of drug-likeness (QED) is 0.412. The highest BCUT2D eigenvalue weighted by atomic mass is 16.6.